The number of methoxy groups -OCH3 is 1. The number of hydrogen-bond donors (Lipinski definition) is 2. The molecular formula is C14H15FN2O2. The molecule has 2 aromatic rings. The van der Waals surface area contributed by atoms with Gasteiger partial charge >= 0.3 is 0 Å². The van der Waals surface area contributed by atoms with Gasteiger partial charge in [0.25, 0.3) is 0 Å². The summed E-state index contributed by atoms with van der Waals surface area (Å²) in [6.45, 7) is 1.14. The van der Waals surface area contributed by atoms with Crippen molar-refractivity contribution in [2.45, 2.75) is 13.1 Å². The van der Waals surface area contributed by atoms with E-state index in [0.717, 1.165) is 11.1 Å². The highest BCUT2D eigenvalue weighted by molar-refractivity contribution is 5.28. The van der Waals surface area contributed by atoms with Crippen LogP contribution in [0.1, 0.15) is 11.1 Å². The Morgan fingerprint density at radius 1 is 1.21 bits per heavy atom. The number of aromatic hydroxyl groups is 1. The molecule has 5 heteroatoms. The summed E-state index contributed by atoms with van der Waals surface area (Å²) in [5, 5.41) is 12.3. The number of pyridine rings is 1. The summed E-state index contributed by atoms with van der Waals surface area (Å²) in [4.78, 5) is 4.02. The normalized spacial score (nSPS) is 10.4. The third-order valence-corrected chi connectivity index (χ3v) is 2.68. The Morgan fingerprint density at radius 3 is 2.63 bits per heavy atom. The number of ether oxygens (including phenoxy) is 1. The van der Waals surface area contributed by atoms with Crippen LogP contribution in [0.5, 0.6) is 11.6 Å². The van der Waals surface area contributed by atoms with Gasteiger partial charge in [-0.3, -0.25) is 0 Å². The molecule has 0 aliphatic carbocycles. The van der Waals surface area contributed by atoms with Gasteiger partial charge in [-0.2, -0.15) is 0 Å². The van der Waals surface area contributed by atoms with Crippen LogP contribution in [0.2, 0.25) is 0 Å². The molecule has 0 aliphatic heterocycles. The van der Waals surface area contributed by atoms with Gasteiger partial charge in [0, 0.05) is 25.4 Å². The first-order valence-electron chi connectivity index (χ1n) is 5.86. The highest BCUT2D eigenvalue weighted by Gasteiger charge is 2.02. The van der Waals surface area contributed by atoms with Gasteiger partial charge in [0.1, 0.15) is 0 Å². The standard InChI is InChI=1S/C14H15FN2O2/c1-19-14-7-11(4-5-17-14)9-16-8-10-2-3-13(18)12(15)6-10/h2-7,16,18H,8-9H2,1H3. The summed E-state index contributed by atoms with van der Waals surface area (Å²) in [6, 6.07) is 8.06. The van der Waals surface area contributed by atoms with E-state index in [2.05, 4.69) is 10.3 Å². The molecule has 0 atom stereocenters. The molecule has 0 unspecified atom stereocenters. The van der Waals surface area contributed by atoms with Crippen LogP contribution >= 0.6 is 0 Å². The SMILES string of the molecule is COc1cc(CNCc2ccc(O)c(F)c2)ccn1. The van der Waals surface area contributed by atoms with E-state index < -0.39 is 5.82 Å². The first-order chi connectivity index (χ1) is 9.19. The van der Waals surface area contributed by atoms with E-state index in [1.165, 1.54) is 12.1 Å². The molecule has 0 fully saturated rings. The van der Waals surface area contributed by atoms with Crippen LogP contribution in [-0.2, 0) is 13.1 Å². The predicted molar refractivity (Wildman–Crippen MR) is 69.4 cm³/mol. The molecule has 0 saturated heterocycles. The number of nitrogens with one attached hydrogen (secondary N) is 1. The number of nitrogens with zero attached hydrogens (tertiary/aromatic N) is 1. The van der Waals surface area contributed by atoms with E-state index >= 15 is 0 Å². The van der Waals surface area contributed by atoms with E-state index in [1.54, 1.807) is 19.4 Å². The molecule has 0 amide bonds. The average molecular weight is 262 g/mol. The lowest BCUT2D eigenvalue weighted by atomic mass is 10.2. The fraction of sp³-hybridized carbons (Fsp3) is 0.214. The van der Waals surface area contributed by atoms with E-state index in [0.29, 0.717) is 19.0 Å². The largest absolute Gasteiger partial charge is 0.505 e. The van der Waals surface area contributed by atoms with Gasteiger partial charge in [-0.15, -0.1) is 0 Å². The third-order valence-electron chi connectivity index (χ3n) is 2.68. The number of hydrogen-bond acceptors (Lipinski definition) is 4. The Morgan fingerprint density at radius 2 is 1.95 bits per heavy atom. The van der Waals surface area contributed by atoms with Gasteiger partial charge in [-0.25, -0.2) is 9.37 Å². The number of rotatable bonds is 5. The lowest BCUT2D eigenvalue weighted by Gasteiger charge is -2.07. The Hall–Kier alpha value is -2.14. The predicted octanol–water partition coefficient (Wildman–Crippen LogP) is 2.22. The fourth-order valence-electron chi connectivity index (χ4n) is 1.68. The second kappa shape index (κ2) is 6.15. The van der Waals surface area contributed by atoms with Crippen molar-refractivity contribution in [1.82, 2.24) is 10.3 Å². The van der Waals surface area contributed by atoms with Crippen molar-refractivity contribution >= 4 is 0 Å². The van der Waals surface area contributed by atoms with Crippen molar-refractivity contribution in [3.63, 3.8) is 0 Å². The van der Waals surface area contributed by atoms with Gasteiger partial charge in [-0.1, -0.05) is 6.07 Å². The minimum absolute atomic E-state index is 0.331. The maximum Gasteiger partial charge on any atom is 0.213 e. The molecule has 4 nitrogen and oxygen atoms in total. The molecule has 19 heavy (non-hydrogen) atoms. The lowest BCUT2D eigenvalue weighted by Crippen LogP contribution is -2.12. The molecule has 2 rings (SSSR count). The van der Waals surface area contributed by atoms with Crippen LogP contribution in [0, 0.1) is 5.82 Å². The van der Waals surface area contributed by atoms with Crippen molar-refractivity contribution in [1.29, 1.82) is 0 Å². The van der Waals surface area contributed by atoms with Crippen LogP contribution < -0.4 is 10.1 Å². The summed E-state index contributed by atoms with van der Waals surface area (Å²) in [7, 11) is 1.57. The van der Waals surface area contributed by atoms with Gasteiger partial charge in [0.05, 0.1) is 7.11 Å². The third kappa shape index (κ3) is 3.66. The maximum absolute atomic E-state index is 13.1. The Balaban J connectivity index is 1.90. The molecule has 0 aliphatic rings. The molecule has 2 N–H and O–H groups in total. The Bertz CT molecular complexity index is 561. The molecule has 1 aromatic heterocycles. The average Bonchev–Trinajstić information content (AvgIpc) is 2.43. The molecule has 100 valence electrons. The van der Waals surface area contributed by atoms with Gasteiger partial charge in [0.15, 0.2) is 11.6 Å². The van der Waals surface area contributed by atoms with Gasteiger partial charge in [0.2, 0.25) is 5.88 Å². The van der Waals surface area contributed by atoms with Crippen LogP contribution in [0.3, 0.4) is 0 Å². The first-order valence-corrected chi connectivity index (χ1v) is 5.86. The summed E-state index contributed by atoms with van der Waals surface area (Å²) in [6.07, 6.45) is 1.68. The highest BCUT2D eigenvalue weighted by Crippen LogP contribution is 2.16. The molecule has 1 aromatic carbocycles. The van der Waals surface area contributed by atoms with Gasteiger partial charge < -0.3 is 15.2 Å². The lowest BCUT2D eigenvalue weighted by molar-refractivity contribution is 0.397. The first kappa shape index (κ1) is 13.3. The van der Waals surface area contributed by atoms with Crippen LogP contribution in [-0.4, -0.2) is 17.2 Å². The molecule has 0 spiro atoms. The summed E-state index contributed by atoms with van der Waals surface area (Å²) < 4.78 is 18.2. The molecule has 1 heterocycles. The number of benzene rings is 1. The van der Waals surface area contributed by atoms with E-state index in [9.17, 15) is 4.39 Å². The van der Waals surface area contributed by atoms with Crippen LogP contribution in [0.25, 0.3) is 0 Å². The highest BCUT2D eigenvalue weighted by atomic mass is 19.1. The number of halogens is 1. The van der Waals surface area contributed by atoms with Crippen LogP contribution in [0.15, 0.2) is 36.5 Å². The zero-order valence-corrected chi connectivity index (χ0v) is 10.6. The minimum atomic E-state index is -0.607. The number of phenolic OH excluding ortho intramolecular Hbond substituents is 1. The van der Waals surface area contributed by atoms with Crippen molar-refractivity contribution in [3.8, 4) is 11.6 Å². The zero-order valence-electron chi connectivity index (χ0n) is 10.6. The Labute approximate surface area is 110 Å². The molecule has 0 bridgehead atoms. The monoisotopic (exact) mass is 262 g/mol. The topological polar surface area (TPSA) is 54.4 Å². The van der Waals surface area contributed by atoms with E-state index in [1.807, 2.05) is 12.1 Å². The summed E-state index contributed by atoms with van der Waals surface area (Å²) in [5.74, 6) is -0.373. The second-order valence-corrected chi connectivity index (χ2v) is 4.10. The summed E-state index contributed by atoms with van der Waals surface area (Å²) >= 11 is 0. The smallest absolute Gasteiger partial charge is 0.213 e. The summed E-state index contributed by atoms with van der Waals surface area (Å²) in [5.41, 5.74) is 1.81. The van der Waals surface area contributed by atoms with Crippen molar-refractivity contribution in [2.24, 2.45) is 0 Å². The number of aromatic nitrogens is 1. The molecule has 0 saturated carbocycles. The van der Waals surface area contributed by atoms with Gasteiger partial charge in [-0.05, 0) is 29.3 Å². The zero-order chi connectivity index (χ0) is 13.7. The maximum atomic E-state index is 13.1. The van der Waals surface area contributed by atoms with Crippen LogP contribution in [0.4, 0.5) is 4.39 Å². The van der Waals surface area contributed by atoms with Crippen molar-refractivity contribution in [2.75, 3.05) is 7.11 Å². The molecular weight excluding hydrogens is 247 g/mol. The quantitative estimate of drug-likeness (QED) is 0.867. The molecule has 0 radical (unpaired) electrons. The second-order valence-electron chi connectivity index (χ2n) is 4.10. The Kier molecular flexibility index (Phi) is 4.30. The van der Waals surface area contributed by atoms with Crippen molar-refractivity contribution < 1.29 is 14.2 Å². The number of phenols is 1. The minimum Gasteiger partial charge on any atom is -0.505 e. The van der Waals surface area contributed by atoms with E-state index in [-0.39, 0.29) is 5.75 Å². The van der Waals surface area contributed by atoms with E-state index in [4.69, 9.17) is 9.84 Å². The van der Waals surface area contributed by atoms with Crippen molar-refractivity contribution in [3.05, 3.63) is 53.5 Å². The fourth-order valence-corrected chi connectivity index (χ4v) is 1.68.